The molecule has 140 valence electrons. The first-order chi connectivity index (χ1) is 12.5. The van der Waals surface area contributed by atoms with Crippen LogP contribution in [0.3, 0.4) is 0 Å². The largest absolute Gasteiger partial charge is 0.506 e. The summed E-state index contributed by atoms with van der Waals surface area (Å²) < 4.78 is 26.7. The molecule has 6 nitrogen and oxygen atoms in total. The highest BCUT2D eigenvalue weighted by Crippen LogP contribution is 2.29. The molecule has 3 rings (SSSR count). The van der Waals surface area contributed by atoms with Gasteiger partial charge in [0.05, 0.1) is 10.6 Å². The van der Waals surface area contributed by atoms with Gasteiger partial charge in [0.2, 0.25) is 15.9 Å². The summed E-state index contributed by atoms with van der Waals surface area (Å²) in [5.74, 6) is -0.385. The number of hydrogen-bond acceptors (Lipinski definition) is 5. The molecule has 1 amide bonds. The third kappa shape index (κ3) is 4.44. The van der Waals surface area contributed by atoms with Crippen molar-refractivity contribution in [2.24, 2.45) is 0 Å². The fourth-order valence-corrected chi connectivity index (χ4v) is 5.24. The van der Waals surface area contributed by atoms with E-state index in [4.69, 9.17) is 0 Å². The molecule has 1 aromatic heterocycles. The lowest BCUT2D eigenvalue weighted by atomic mass is 10.2. The molecule has 0 radical (unpaired) electrons. The van der Waals surface area contributed by atoms with Crippen LogP contribution < -0.4 is 5.32 Å². The molecule has 2 N–H and O–H groups in total. The van der Waals surface area contributed by atoms with Crippen molar-refractivity contribution in [3.8, 4) is 5.75 Å². The van der Waals surface area contributed by atoms with Crippen LogP contribution in [0.5, 0.6) is 5.75 Å². The minimum Gasteiger partial charge on any atom is -0.506 e. The van der Waals surface area contributed by atoms with E-state index in [2.05, 4.69) is 5.32 Å². The number of thiophene rings is 1. The Morgan fingerprint density at radius 1 is 1.23 bits per heavy atom. The number of benzene rings is 1. The average molecular weight is 395 g/mol. The zero-order valence-corrected chi connectivity index (χ0v) is 16.0. The lowest BCUT2D eigenvalue weighted by Crippen LogP contribution is -2.28. The van der Waals surface area contributed by atoms with Gasteiger partial charge in [-0.3, -0.25) is 4.79 Å². The van der Waals surface area contributed by atoms with Gasteiger partial charge >= 0.3 is 0 Å². The van der Waals surface area contributed by atoms with Gasteiger partial charge < -0.3 is 10.4 Å². The van der Waals surface area contributed by atoms with Crippen molar-refractivity contribution in [3.63, 3.8) is 0 Å². The molecule has 1 aromatic carbocycles. The normalized spacial score (nSPS) is 15.2. The topological polar surface area (TPSA) is 86.7 Å². The molecule has 2 heterocycles. The van der Waals surface area contributed by atoms with E-state index in [9.17, 15) is 18.3 Å². The minimum absolute atomic E-state index is 0.0890. The third-order valence-electron chi connectivity index (χ3n) is 4.35. The molecule has 1 fully saturated rings. The van der Waals surface area contributed by atoms with Crippen molar-refractivity contribution in [2.45, 2.75) is 37.0 Å². The second-order valence-electron chi connectivity index (χ2n) is 6.27. The average Bonchev–Trinajstić information content (AvgIpc) is 3.30. The molecule has 1 aliphatic rings. The Morgan fingerprint density at radius 2 is 2.00 bits per heavy atom. The summed E-state index contributed by atoms with van der Waals surface area (Å²) in [6.45, 7) is 1.02. The van der Waals surface area contributed by atoms with Crippen LogP contribution in [0.1, 0.15) is 30.6 Å². The lowest BCUT2D eigenvalue weighted by Gasteiger charge is -2.16. The maximum absolute atomic E-state index is 12.6. The Balaban J connectivity index is 1.64. The number of amides is 1. The first-order valence-corrected chi connectivity index (χ1v) is 10.9. The van der Waals surface area contributed by atoms with Gasteiger partial charge in [-0.1, -0.05) is 6.07 Å². The number of aromatic hydroxyl groups is 1. The number of hydrogen-bond donors (Lipinski definition) is 2. The number of sulfonamides is 1. The summed E-state index contributed by atoms with van der Waals surface area (Å²) in [5.41, 5.74) is 0.131. The Morgan fingerprint density at radius 3 is 2.69 bits per heavy atom. The van der Waals surface area contributed by atoms with E-state index in [1.165, 1.54) is 27.4 Å². The molecule has 0 bridgehead atoms. The highest BCUT2D eigenvalue weighted by Gasteiger charge is 2.27. The maximum atomic E-state index is 12.6. The van der Waals surface area contributed by atoms with Gasteiger partial charge in [-0.15, -0.1) is 11.3 Å². The summed E-state index contributed by atoms with van der Waals surface area (Å²) in [6, 6.07) is 8.02. The Kier molecular flexibility index (Phi) is 5.95. The van der Waals surface area contributed by atoms with Crippen molar-refractivity contribution in [1.82, 2.24) is 4.31 Å². The SMILES string of the molecule is O=C(CCCc1cccs1)Nc1cc(S(=O)(=O)N2CCCC2)ccc1O. The van der Waals surface area contributed by atoms with Crippen LogP contribution in [-0.4, -0.2) is 36.8 Å². The van der Waals surface area contributed by atoms with Gasteiger partial charge in [-0.05, 0) is 55.3 Å². The summed E-state index contributed by atoms with van der Waals surface area (Å²) >= 11 is 1.65. The van der Waals surface area contributed by atoms with Crippen LogP contribution in [0, 0.1) is 0 Å². The molecule has 0 unspecified atom stereocenters. The fraction of sp³-hybridized carbons (Fsp3) is 0.389. The Bertz CT molecular complexity index is 857. The number of phenolic OH excluding ortho intramolecular Hbond substituents is 1. The second kappa shape index (κ2) is 8.20. The van der Waals surface area contributed by atoms with E-state index in [0.29, 0.717) is 25.9 Å². The molecule has 8 heteroatoms. The number of anilines is 1. The highest BCUT2D eigenvalue weighted by molar-refractivity contribution is 7.89. The molecular formula is C18H22N2O4S2. The lowest BCUT2D eigenvalue weighted by molar-refractivity contribution is -0.116. The number of carbonyl (C=O) groups excluding carboxylic acids is 1. The number of phenols is 1. The van der Waals surface area contributed by atoms with Gasteiger partial charge in [0, 0.05) is 24.4 Å². The molecule has 0 aliphatic carbocycles. The minimum atomic E-state index is -3.59. The quantitative estimate of drug-likeness (QED) is 0.706. The smallest absolute Gasteiger partial charge is 0.243 e. The molecular weight excluding hydrogens is 372 g/mol. The number of nitrogens with zero attached hydrogens (tertiary/aromatic N) is 1. The van der Waals surface area contributed by atoms with Gasteiger partial charge in [-0.25, -0.2) is 8.42 Å². The van der Waals surface area contributed by atoms with Gasteiger partial charge in [-0.2, -0.15) is 4.31 Å². The van der Waals surface area contributed by atoms with E-state index >= 15 is 0 Å². The summed E-state index contributed by atoms with van der Waals surface area (Å²) in [4.78, 5) is 13.4. The predicted octanol–water partition coefficient (Wildman–Crippen LogP) is 3.20. The predicted molar refractivity (Wildman–Crippen MR) is 102 cm³/mol. The van der Waals surface area contributed by atoms with E-state index in [-0.39, 0.29) is 22.2 Å². The number of carbonyl (C=O) groups is 1. The maximum Gasteiger partial charge on any atom is 0.243 e. The zero-order chi connectivity index (χ0) is 18.6. The number of rotatable bonds is 7. The van der Waals surface area contributed by atoms with Gasteiger partial charge in [0.15, 0.2) is 0 Å². The van der Waals surface area contributed by atoms with Crippen molar-refractivity contribution in [3.05, 3.63) is 40.6 Å². The Labute approximate surface area is 157 Å². The highest BCUT2D eigenvalue weighted by atomic mass is 32.2. The monoisotopic (exact) mass is 394 g/mol. The van der Waals surface area contributed by atoms with E-state index in [1.807, 2.05) is 17.5 Å². The van der Waals surface area contributed by atoms with Crippen LogP contribution in [-0.2, 0) is 21.2 Å². The molecule has 1 aliphatic heterocycles. The van der Waals surface area contributed by atoms with E-state index < -0.39 is 10.0 Å². The molecule has 26 heavy (non-hydrogen) atoms. The third-order valence-corrected chi connectivity index (χ3v) is 7.18. The summed E-state index contributed by atoms with van der Waals surface area (Å²) in [5, 5.41) is 14.6. The van der Waals surface area contributed by atoms with Crippen molar-refractivity contribution >= 4 is 33.0 Å². The summed E-state index contributed by atoms with van der Waals surface area (Å²) in [7, 11) is -3.59. The van der Waals surface area contributed by atoms with Crippen molar-refractivity contribution < 1.29 is 18.3 Å². The molecule has 2 aromatic rings. The number of nitrogens with one attached hydrogen (secondary N) is 1. The van der Waals surface area contributed by atoms with Gasteiger partial charge in [0.25, 0.3) is 0 Å². The number of aryl methyl sites for hydroxylation is 1. The fourth-order valence-electron chi connectivity index (χ4n) is 2.94. The first-order valence-electron chi connectivity index (χ1n) is 8.62. The summed E-state index contributed by atoms with van der Waals surface area (Å²) in [6.07, 6.45) is 3.52. The van der Waals surface area contributed by atoms with Crippen LogP contribution in [0.25, 0.3) is 0 Å². The van der Waals surface area contributed by atoms with Crippen LogP contribution in [0.2, 0.25) is 0 Å². The molecule has 1 saturated heterocycles. The van der Waals surface area contributed by atoms with Crippen LogP contribution in [0.4, 0.5) is 5.69 Å². The first kappa shape index (κ1) is 18.9. The van der Waals surface area contributed by atoms with E-state index in [0.717, 1.165) is 19.3 Å². The molecule has 0 spiro atoms. The van der Waals surface area contributed by atoms with E-state index in [1.54, 1.807) is 11.3 Å². The zero-order valence-electron chi connectivity index (χ0n) is 14.3. The van der Waals surface area contributed by atoms with Crippen molar-refractivity contribution in [2.75, 3.05) is 18.4 Å². The molecule has 0 saturated carbocycles. The standard InChI is InChI=1S/C18H22N2O4S2/c21-17-9-8-15(26(23,24)20-10-1-2-11-20)13-16(17)19-18(22)7-3-5-14-6-4-12-25-14/h4,6,8-9,12-13,21H,1-3,5,7,10-11H2,(H,19,22). The van der Waals surface area contributed by atoms with Crippen LogP contribution >= 0.6 is 11.3 Å². The Hall–Kier alpha value is -1.90. The second-order valence-corrected chi connectivity index (χ2v) is 9.24. The van der Waals surface area contributed by atoms with Crippen LogP contribution in [0.15, 0.2) is 40.6 Å². The van der Waals surface area contributed by atoms with Crippen molar-refractivity contribution in [1.29, 1.82) is 0 Å². The van der Waals surface area contributed by atoms with Gasteiger partial charge in [0.1, 0.15) is 5.75 Å². The molecule has 0 atom stereocenters.